The van der Waals surface area contributed by atoms with Gasteiger partial charge in [-0.25, -0.2) is 0 Å². The standard InChI is InChI=1S/C9H10BrNO2S2/c10-8-7(1-4-13-8)9(12)11-2-5-14-15-6-3-11/h1,4H,2-3,5-6H2. The van der Waals surface area contributed by atoms with Gasteiger partial charge in [-0.3, -0.25) is 4.79 Å². The summed E-state index contributed by atoms with van der Waals surface area (Å²) in [5.74, 6) is 2.04. The Hall–Kier alpha value is -0.0700. The predicted octanol–water partition coefficient (Wildman–Crippen LogP) is 2.88. The van der Waals surface area contributed by atoms with E-state index in [4.69, 9.17) is 4.42 Å². The Kier molecular flexibility index (Phi) is 4.05. The lowest BCUT2D eigenvalue weighted by Crippen LogP contribution is -2.33. The van der Waals surface area contributed by atoms with E-state index < -0.39 is 0 Å². The van der Waals surface area contributed by atoms with Crippen molar-refractivity contribution < 1.29 is 9.21 Å². The molecule has 0 aliphatic carbocycles. The minimum Gasteiger partial charge on any atom is -0.457 e. The van der Waals surface area contributed by atoms with Gasteiger partial charge < -0.3 is 9.32 Å². The fourth-order valence-corrected chi connectivity index (χ4v) is 3.73. The van der Waals surface area contributed by atoms with Crippen molar-refractivity contribution >= 4 is 43.4 Å². The van der Waals surface area contributed by atoms with Crippen molar-refractivity contribution in [2.75, 3.05) is 24.6 Å². The summed E-state index contributed by atoms with van der Waals surface area (Å²) in [7, 11) is 3.65. The minimum absolute atomic E-state index is 0.0544. The van der Waals surface area contributed by atoms with Crippen molar-refractivity contribution in [3.63, 3.8) is 0 Å². The number of carbonyl (C=O) groups excluding carboxylic acids is 1. The molecule has 1 aliphatic rings. The van der Waals surface area contributed by atoms with Crippen LogP contribution < -0.4 is 0 Å². The molecule has 1 aromatic heterocycles. The van der Waals surface area contributed by atoms with Crippen LogP contribution in [0.2, 0.25) is 0 Å². The maximum atomic E-state index is 12.1. The fraction of sp³-hybridized carbons (Fsp3) is 0.444. The first-order valence-corrected chi connectivity index (χ1v) is 7.84. The van der Waals surface area contributed by atoms with Gasteiger partial charge in [0.25, 0.3) is 5.91 Å². The Bertz CT molecular complexity index is 348. The molecular weight excluding hydrogens is 298 g/mol. The third-order valence-electron chi connectivity index (χ3n) is 2.11. The van der Waals surface area contributed by atoms with Crippen LogP contribution in [0.3, 0.4) is 0 Å². The Labute approximate surface area is 104 Å². The highest BCUT2D eigenvalue weighted by Gasteiger charge is 2.20. The zero-order chi connectivity index (χ0) is 10.7. The van der Waals surface area contributed by atoms with Crippen LogP contribution in [0.4, 0.5) is 0 Å². The van der Waals surface area contributed by atoms with Crippen LogP contribution in [0.5, 0.6) is 0 Å². The van der Waals surface area contributed by atoms with Crippen LogP contribution in [0.15, 0.2) is 21.4 Å². The van der Waals surface area contributed by atoms with Crippen LogP contribution in [-0.2, 0) is 0 Å². The van der Waals surface area contributed by atoms with Crippen molar-refractivity contribution in [3.05, 3.63) is 22.6 Å². The lowest BCUT2D eigenvalue weighted by molar-refractivity contribution is 0.0774. The van der Waals surface area contributed by atoms with Gasteiger partial charge in [-0.1, -0.05) is 21.6 Å². The van der Waals surface area contributed by atoms with E-state index in [-0.39, 0.29) is 5.91 Å². The number of nitrogens with zero attached hydrogens (tertiary/aromatic N) is 1. The van der Waals surface area contributed by atoms with Crippen LogP contribution in [-0.4, -0.2) is 35.4 Å². The normalized spacial score (nSPS) is 17.5. The third-order valence-corrected chi connectivity index (χ3v) is 5.09. The quantitative estimate of drug-likeness (QED) is 0.747. The average molecular weight is 308 g/mol. The molecule has 0 N–H and O–H groups in total. The molecule has 0 saturated carbocycles. The first-order valence-electron chi connectivity index (χ1n) is 4.56. The zero-order valence-electron chi connectivity index (χ0n) is 7.94. The molecule has 1 saturated heterocycles. The van der Waals surface area contributed by atoms with E-state index in [1.807, 2.05) is 26.5 Å². The van der Waals surface area contributed by atoms with E-state index in [9.17, 15) is 4.79 Å². The number of halogens is 1. The molecule has 1 fully saturated rings. The highest BCUT2D eigenvalue weighted by atomic mass is 79.9. The summed E-state index contributed by atoms with van der Waals surface area (Å²) in [6, 6.07) is 1.71. The summed E-state index contributed by atoms with van der Waals surface area (Å²) in [6.07, 6.45) is 1.53. The molecule has 0 unspecified atom stereocenters. The van der Waals surface area contributed by atoms with Gasteiger partial charge >= 0.3 is 0 Å². The Morgan fingerprint density at radius 1 is 1.40 bits per heavy atom. The second kappa shape index (κ2) is 5.32. The molecule has 2 heterocycles. The van der Waals surface area contributed by atoms with Crippen molar-refractivity contribution in [1.82, 2.24) is 4.90 Å². The third kappa shape index (κ3) is 2.73. The zero-order valence-corrected chi connectivity index (χ0v) is 11.2. The van der Waals surface area contributed by atoms with Crippen molar-refractivity contribution in [1.29, 1.82) is 0 Å². The van der Waals surface area contributed by atoms with E-state index in [0.29, 0.717) is 10.2 Å². The van der Waals surface area contributed by atoms with Gasteiger partial charge in [-0.05, 0) is 22.0 Å². The molecule has 3 nitrogen and oxygen atoms in total. The second-order valence-corrected chi connectivity index (χ2v) is 6.47. The van der Waals surface area contributed by atoms with Crippen LogP contribution in [0.1, 0.15) is 10.4 Å². The summed E-state index contributed by atoms with van der Waals surface area (Å²) < 4.78 is 5.59. The topological polar surface area (TPSA) is 33.5 Å². The second-order valence-electron chi connectivity index (χ2n) is 3.04. The smallest absolute Gasteiger partial charge is 0.258 e. The van der Waals surface area contributed by atoms with E-state index in [0.717, 1.165) is 24.6 Å². The van der Waals surface area contributed by atoms with E-state index >= 15 is 0 Å². The molecule has 82 valence electrons. The van der Waals surface area contributed by atoms with Gasteiger partial charge in [-0.15, -0.1) is 0 Å². The number of hydrogen-bond acceptors (Lipinski definition) is 4. The van der Waals surface area contributed by atoms with E-state index in [1.165, 1.54) is 6.26 Å². The molecule has 2 rings (SSSR count). The fourth-order valence-electron chi connectivity index (χ4n) is 1.34. The first kappa shape index (κ1) is 11.4. The Morgan fingerprint density at radius 3 is 2.60 bits per heavy atom. The summed E-state index contributed by atoms with van der Waals surface area (Å²) in [5, 5.41) is 0. The molecule has 6 heteroatoms. The molecule has 0 atom stereocenters. The average Bonchev–Trinajstić information content (AvgIpc) is 2.53. The predicted molar refractivity (Wildman–Crippen MR) is 67.2 cm³/mol. The molecule has 1 amide bonds. The van der Waals surface area contributed by atoms with Crippen LogP contribution in [0, 0.1) is 0 Å². The minimum atomic E-state index is 0.0544. The summed E-state index contributed by atoms with van der Waals surface area (Å²) in [6.45, 7) is 1.63. The molecular formula is C9H10BrNO2S2. The number of furan rings is 1. The van der Waals surface area contributed by atoms with Crippen LogP contribution in [0.25, 0.3) is 0 Å². The maximum absolute atomic E-state index is 12.1. The van der Waals surface area contributed by atoms with E-state index in [2.05, 4.69) is 15.9 Å². The van der Waals surface area contributed by atoms with E-state index in [1.54, 1.807) is 6.07 Å². The van der Waals surface area contributed by atoms with Crippen molar-refractivity contribution in [2.24, 2.45) is 0 Å². The first-order chi connectivity index (χ1) is 7.29. The molecule has 0 radical (unpaired) electrons. The molecule has 15 heavy (non-hydrogen) atoms. The molecule has 0 bridgehead atoms. The summed E-state index contributed by atoms with van der Waals surface area (Å²) in [4.78, 5) is 13.9. The summed E-state index contributed by atoms with van der Waals surface area (Å²) >= 11 is 3.23. The largest absolute Gasteiger partial charge is 0.457 e. The Balaban J connectivity index is 2.09. The number of carbonyl (C=O) groups is 1. The molecule has 1 aliphatic heterocycles. The Morgan fingerprint density at radius 2 is 2.07 bits per heavy atom. The number of hydrogen-bond donors (Lipinski definition) is 0. The summed E-state index contributed by atoms with van der Waals surface area (Å²) in [5.41, 5.74) is 0.618. The van der Waals surface area contributed by atoms with Gasteiger partial charge in [0.2, 0.25) is 0 Å². The van der Waals surface area contributed by atoms with Gasteiger partial charge in [0.05, 0.1) is 11.8 Å². The number of amides is 1. The monoisotopic (exact) mass is 307 g/mol. The van der Waals surface area contributed by atoms with Crippen molar-refractivity contribution in [3.8, 4) is 0 Å². The highest BCUT2D eigenvalue weighted by Crippen LogP contribution is 2.26. The van der Waals surface area contributed by atoms with Gasteiger partial charge in [0.15, 0.2) is 4.67 Å². The molecule has 0 aromatic carbocycles. The van der Waals surface area contributed by atoms with Crippen LogP contribution >= 0.6 is 37.5 Å². The maximum Gasteiger partial charge on any atom is 0.258 e. The SMILES string of the molecule is O=C(c1ccoc1Br)N1CCSSCC1. The lowest BCUT2D eigenvalue weighted by atomic mass is 10.3. The highest BCUT2D eigenvalue weighted by molar-refractivity contribution is 9.10. The van der Waals surface area contributed by atoms with Crippen molar-refractivity contribution in [2.45, 2.75) is 0 Å². The molecule has 0 spiro atoms. The molecule has 1 aromatic rings. The lowest BCUT2D eigenvalue weighted by Gasteiger charge is -2.18. The number of rotatable bonds is 1. The van der Waals surface area contributed by atoms with Gasteiger partial charge in [0, 0.05) is 24.6 Å². The van der Waals surface area contributed by atoms with Gasteiger partial charge in [0.1, 0.15) is 0 Å². The van der Waals surface area contributed by atoms with Gasteiger partial charge in [-0.2, -0.15) is 0 Å².